The molecule has 0 saturated carbocycles. The maximum absolute atomic E-state index is 13.0. The van der Waals surface area contributed by atoms with Crippen LogP contribution in [0, 0.1) is 12.7 Å². The molecule has 0 aliphatic heterocycles. The van der Waals surface area contributed by atoms with E-state index in [9.17, 15) is 4.39 Å². The topological polar surface area (TPSA) is 120 Å². The zero-order valence-electron chi connectivity index (χ0n) is 13.1. The molecule has 10 heteroatoms. The third-order valence-electron chi connectivity index (χ3n) is 3.58. The van der Waals surface area contributed by atoms with Gasteiger partial charge in [0.25, 0.3) is 0 Å². The molecule has 0 spiro atoms. The molecule has 4 rings (SSSR count). The zero-order valence-corrected chi connectivity index (χ0v) is 13.1. The van der Waals surface area contributed by atoms with Crippen LogP contribution in [0.5, 0.6) is 5.75 Å². The first-order valence-corrected chi connectivity index (χ1v) is 7.39. The monoisotopic (exact) mass is 340 g/mol. The third-order valence-corrected chi connectivity index (χ3v) is 3.58. The highest BCUT2D eigenvalue weighted by atomic mass is 19.1. The summed E-state index contributed by atoms with van der Waals surface area (Å²) in [5.41, 5.74) is 8.66. The number of pyridine rings is 1. The van der Waals surface area contributed by atoms with Crippen LogP contribution in [0.4, 0.5) is 10.2 Å². The van der Waals surface area contributed by atoms with E-state index in [0.29, 0.717) is 39.8 Å². The van der Waals surface area contributed by atoms with E-state index in [4.69, 9.17) is 10.5 Å². The first-order valence-electron chi connectivity index (χ1n) is 7.39. The number of halogens is 1. The van der Waals surface area contributed by atoms with E-state index >= 15 is 0 Å². The lowest BCUT2D eigenvalue weighted by Gasteiger charge is -2.05. The molecule has 0 fully saturated rings. The van der Waals surface area contributed by atoms with Gasteiger partial charge >= 0.3 is 0 Å². The lowest BCUT2D eigenvalue weighted by atomic mass is 10.3. The third kappa shape index (κ3) is 2.84. The van der Waals surface area contributed by atoms with Gasteiger partial charge in [0.05, 0.1) is 11.4 Å². The fourth-order valence-corrected chi connectivity index (χ4v) is 2.32. The average Bonchev–Trinajstić information content (AvgIpc) is 3.20. The molecule has 3 aromatic heterocycles. The first-order chi connectivity index (χ1) is 12.1. The van der Waals surface area contributed by atoms with Crippen LogP contribution >= 0.6 is 0 Å². The minimum absolute atomic E-state index is 0.165. The van der Waals surface area contributed by atoms with Gasteiger partial charge in [-0.25, -0.2) is 14.5 Å². The Kier molecular flexibility index (Phi) is 3.49. The molecule has 0 radical (unpaired) electrons. The van der Waals surface area contributed by atoms with Crippen molar-refractivity contribution in [1.82, 2.24) is 35.4 Å². The Morgan fingerprint density at radius 2 is 2.04 bits per heavy atom. The molecule has 0 unspecified atom stereocenters. The van der Waals surface area contributed by atoms with E-state index in [1.165, 1.54) is 16.9 Å². The van der Waals surface area contributed by atoms with Crippen molar-refractivity contribution in [1.29, 1.82) is 0 Å². The Labute approximate surface area is 140 Å². The number of benzene rings is 1. The fraction of sp³-hybridized carbons (Fsp3) is 0.133. The summed E-state index contributed by atoms with van der Waals surface area (Å²) < 4.78 is 18.8. The normalized spacial score (nSPS) is 11.1. The number of nitrogen functional groups attached to an aromatic ring is 1. The number of fused-ring (bicyclic) bond motifs is 1. The Morgan fingerprint density at radius 1 is 1.24 bits per heavy atom. The Balaban J connectivity index is 1.59. The number of rotatable bonds is 4. The summed E-state index contributed by atoms with van der Waals surface area (Å²) in [6, 6.07) is 7.48. The van der Waals surface area contributed by atoms with Gasteiger partial charge in [-0.2, -0.15) is 9.90 Å². The van der Waals surface area contributed by atoms with Gasteiger partial charge in [0, 0.05) is 6.07 Å². The summed E-state index contributed by atoms with van der Waals surface area (Å²) >= 11 is 0. The van der Waals surface area contributed by atoms with Crippen LogP contribution in [0.15, 0.2) is 30.3 Å². The van der Waals surface area contributed by atoms with E-state index in [2.05, 4.69) is 30.6 Å². The van der Waals surface area contributed by atoms with Crippen molar-refractivity contribution < 1.29 is 9.13 Å². The van der Waals surface area contributed by atoms with Crippen LogP contribution in [-0.4, -0.2) is 35.4 Å². The molecular formula is C15H13FN8O. The number of nitrogens with two attached hydrogens (primary N) is 1. The quantitative estimate of drug-likeness (QED) is 0.578. The second-order valence-corrected chi connectivity index (χ2v) is 5.34. The number of hydrogen-bond acceptors (Lipinski definition) is 7. The summed E-state index contributed by atoms with van der Waals surface area (Å²) in [5.74, 6) is 0.426. The molecule has 0 aliphatic carbocycles. The number of nitrogens with one attached hydrogen (secondary N) is 1. The SMILES string of the molecule is Cc1nn(-c2ccc(F)cc2)nc1COc1cc(N)nc2[nH]nnc12. The van der Waals surface area contributed by atoms with Gasteiger partial charge in [-0.3, -0.25) is 0 Å². The fourth-order valence-electron chi connectivity index (χ4n) is 2.32. The van der Waals surface area contributed by atoms with Crippen molar-refractivity contribution >= 4 is 17.0 Å². The van der Waals surface area contributed by atoms with Gasteiger partial charge in [0.15, 0.2) is 16.9 Å². The van der Waals surface area contributed by atoms with Crippen molar-refractivity contribution in [2.75, 3.05) is 5.73 Å². The molecule has 0 saturated heterocycles. The number of ether oxygens (including phenoxy) is 1. The highest BCUT2D eigenvalue weighted by Gasteiger charge is 2.13. The van der Waals surface area contributed by atoms with Crippen LogP contribution < -0.4 is 10.5 Å². The van der Waals surface area contributed by atoms with Crippen LogP contribution in [0.3, 0.4) is 0 Å². The summed E-state index contributed by atoms with van der Waals surface area (Å²) in [6.07, 6.45) is 0. The Hall–Kier alpha value is -3.56. The van der Waals surface area contributed by atoms with Crippen molar-refractivity contribution in [3.63, 3.8) is 0 Å². The van der Waals surface area contributed by atoms with Crippen molar-refractivity contribution in [2.45, 2.75) is 13.5 Å². The molecular weight excluding hydrogens is 327 g/mol. The van der Waals surface area contributed by atoms with Crippen LogP contribution in [0.1, 0.15) is 11.4 Å². The van der Waals surface area contributed by atoms with E-state index in [-0.39, 0.29) is 12.4 Å². The van der Waals surface area contributed by atoms with Crippen molar-refractivity contribution in [3.8, 4) is 11.4 Å². The molecule has 9 nitrogen and oxygen atoms in total. The second kappa shape index (κ2) is 5.82. The summed E-state index contributed by atoms with van der Waals surface area (Å²) in [7, 11) is 0. The lowest BCUT2D eigenvalue weighted by molar-refractivity contribution is 0.303. The number of hydrogen-bond donors (Lipinski definition) is 2. The van der Waals surface area contributed by atoms with Crippen LogP contribution in [0.25, 0.3) is 16.9 Å². The molecule has 25 heavy (non-hydrogen) atoms. The van der Waals surface area contributed by atoms with Crippen molar-refractivity contribution in [2.24, 2.45) is 0 Å². The molecule has 1 aromatic carbocycles. The van der Waals surface area contributed by atoms with Crippen LogP contribution in [0.2, 0.25) is 0 Å². The number of aryl methyl sites for hydroxylation is 1. The minimum atomic E-state index is -0.317. The van der Waals surface area contributed by atoms with E-state index in [1.807, 2.05) is 6.92 Å². The smallest absolute Gasteiger partial charge is 0.181 e. The van der Waals surface area contributed by atoms with E-state index in [0.717, 1.165) is 0 Å². The largest absolute Gasteiger partial charge is 0.485 e. The van der Waals surface area contributed by atoms with Crippen molar-refractivity contribution in [3.05, 3.63) is 47.5 Å². The number of aromatic amines is 1. The molecule has 0 aliphatic rings. The molecule has 3 heterocycles. The predicted octanol–water partition coefficient (Wildman–Crippen LogP) is 1.54. The lowest BCUT2D eigenvalue weighted by Crippen LogP contribution is -2.02. The highest BCUT2D eigenvalue weighted by Crippen LogP contribution is 2.24. The molecule has 0 atom stereocenters. The second-order valence-electron chi connectivity index (χ2n) is 5.34. The number of nitrogens with zero attached hydrogens (tertiary/aromatic N) is 6. The Bertz CT molecular complexity index is 1040. The summed E-state index contributed by atoms with van der Waals surface area (Å²) in [6.45, 7) is 1.98. The van der Waals surface area contributed by atoms with Gasteiger partial charge in [0.2, 0.25) is 0 Å². The van der Waals surface area contributed by atoms with Gasteiger partial charge in [-0.05, 0) is 31.2 Å². The Morgan fingerprint density at radius 3 is 2.84 bits per heavy atom. The molecule has 4 aromatic rings. The minimum Gasteiger partial charge on any atom is -0.485 e. The number of aromatic nitrogens is 7. The maximum atomic E-state index is 13.0. The number of anilines is 1. The maximum Gasteiger partial charge on any atom is 0.181 e. The molecule has 0 amide bonds. The van der Waals surface area contributed by atoms with Gasteiger partial charge in [-0.1, -0.05) is 5.21 Å². The summed E-state index contributed by atoms with van der Waals surface area (Å²) in [4.78, 5) is 5.50. The van der Waals surface area contributed by atoms with E-state index in [1.54, 1.807) is 18.2 Å². The summed E-state index contributed by atoms with van der Waals surface area (Å²) in [5, 5.41) is 19.0. The standard InChI is InChI=1S/C15H13FN8O/c1-8-11(22-24(21-8)10-4-2-9(16)3-5-10)7-25-12-6-13(17)18-15-14(12)19-23-20-15/h2-6H,7H2,1H3,(H3,17,18,19,20,23). The molecule has 0 bridgehead atoms. The van der Waals surface area contributed by atoms with E-state index < -0.39 is 0 Å². The molecule has 3 N–H and O–H groups in total. The van der Waals surface area contributed by atoms with Crippen LogP contribution in [-0.2, 0) is 6.61 Å². The molecule has 126 valence electrons. The van der Waals surface area contributed by atoms with Gasteiger partial charge in [-0.15, -0.1) is 10.2 Å². The van der Waals surface area contributed by atoms with Gasteiger partial charge < -0.3 is 10.5 Å². The average molecular weight is 340 g/mol. The highest BCUT2D eigenvalue weighted by molar-refractivity contribution is 5.78. The predicted molar refractivity (Wildman–Crippen MR) is 86.5 cm³/mol. The number of H-pyrrole nitrogens is 1. The first kappa shape index (κ1) is 15.0. The zero-order chi connectivity index (χ0) is 17.4. The van der Waals surface area contributed by atoms with Gasteiger partial charge in [0.1, 0.15) is 23.9 Å².